The van der Waals surface area contributed by atoms with E-state index in [2.05, 4.69) is 146 Å². The summed E-state index contributed by atoms with van der Waals surface area (Å²) in [6, 6.07) is 61.6. The van der Waals surface area contributed by atoms with Gasteiger partial charge < -0.3 is 4.42 Å². The molecular formula is C49H29N3OS. The van der Waals surface area contributed by atoms with Gasteiger partial charge in [0.2, 0.25) is 0 Å². The lowest BCUT2D eigenvalue weighted by Crippen LogP contribution is -2.00. The maximum atomic E-state index is 6.49. The van der Waals surface area contributed by atoms with Crippen molar-refractivity contribution in [3.8, 4) is 56.4 Å². The molecule has 0 radical (unpaired) electrons. The van der Waals surface area contributed by atoms with Gasteiger partial charge in [-0.25, -0.2) is 15.0 Å². The molecule has 0 aliphatic rings. The fourth-order valence-electron chi connectivity index (χ4n) is 7.70. The van der Waals surface area contributed by atoms with Crippen molar-refractivity contribution in [2.75, 3.05) is 0 Å². The van der Waals surface area contributed by atoms with Crippen LogP contribution in [-0.2, 0) is 0 Å². The number of hydrogen-bond donors (Lipinski definition) is 0. The van der Waals surface area contributed by atoms with Gasteiger partial charge in [0, 0.05) is 42.1 Å². The Morgan fingerprint density at radius 2 is 0.981 bits per heavy atom. The fourth-order valence-corrected chi connectivity index (χ4v) is 8.85. The van der Waals surface area contributed by atoms with E-state index in [1.165, 1.54) is 31.3 Å². The van der Waals surface area contributed by atoms with Crippen molar-refractivity contribution < 1.29 is 4.42 Å². The number of thiophene rings is 1. The molecule has 252 valence electrons. The average molecular weight is 708 g/mol. The zero-order valence-corrected chi connectivity index (χ0v) is 29.7. The maximum absolute atomic E-state index is 6.49. The predicted molar refractivity (Wildman–Crippen MR) is 225 cm³/mol. The van der Waals surface area contributed by atoms with Gasteiger partial charge in [0.15, 0.2) is 17.5 Å². The Bertz CT molecular complexity index is 3230. The van der Waals surface area contributed by atoms with E-state index in [1.807, 2.05) is 41.7 Å². The number of aromatic nitrogens is 3. The average Bonchev–Trinajstić information content (AvgIpc) is 3.82. The summed E-state index contributed by atoms with van der Waals surface area (Å²) in [5, 5.41) is 6.98. The molecule has 0 saturated heterocycles. The number of fused-ring (bicyclic) bond motifs is 7. The quantitative estimate of drug-likeness (QED) is 0.179. The van der Waals surface area contributed by atoms with Crippen LogP contribution in [0.5, 0.6) is 0 Å². The second-order valence-electron chi connectivity index (χ2n) is 13.6. The summed E-state index contributed by atoms with van der Waals surface area (Å²) < 4.78 is 9.06. The first-order valence-electron chi connectivity index (χ1n) is 18.0. The van der Waals surface area contributed by atoms with Gasteiger partial charge in [0.25, 0.3) is 0 Å². The summed E-state index contributed by atoms with van der Waals surface area (Å²) in [6.07, 6.45) is 0. The Kier molecular flexibility index (Phi) is 7.00. The molecule has 0 saturated carbocycles. The lowest BCUT2D eigenvalue weighted by molar-refractivity contribution is 0.669. The smallest absolute Gasteiger partial charge is 0.167 e. The first kappa shape index (κ1) is 30.7. The summed E-state index contributed by atoms with van der Waals surface area (Å²) in [6.45, 7) is 0. The predicted octanol–water partition coefficient (Wildman–Crippen LogP) is 13.6. The summed E-state index contributed by atoms with van der Waals surface area (Å²) in [5.41, 5.74) is 8.84. The van der Waals surface area contributed by atoms with Crippen LogP contribution in [0, 0.1) is 0 Å². The minimum atomic E-state index is 0.563. The minimum absolute atomic E-state index is 0.563. The molecular weight excluding hydrogens is 679 g/mol. The maximum Gasteiger partial charge on any atom is 0.167 e. The molecule has 0 N–H and O–H groups in total. The van der Waals surface area contributed by atoms with E-state index in [0.29, 0.717) is 17.5 Å². The van der Waals surface area contributed by atoms with Crippen LogP contribution >= 0.6 is 11.3 Å². The van der Waals surface area contributed by atoms with Gasteiger partial charge in [-0.2, -0.15) is 0 Å². The van der Waals surface area contributed by atoms with Gasteiger partial charge in [0.05, 0.1) is 5.56 Å². The number of nitrogens with zero attached hydrogens (tertiary/aromatic N) is 3. The number of benzene rings is 8. The van der Waals surface area contributed by atoms with Gasteiger partial charge in [-0.05, 0) is 69.4 Å². The molecule has 11 aromatic rings. The van der Waals surface area contributed by atoms with E-state index in [1.54, 1.807) is 0 Å². The molecule has 0 unspecified atom stereocenters. The van der Waals surface area contributed by atoms with Crippen molar-refractivity contribution in [2.45, 2.75) is 0 Å². The van der Waals surface area contributed by atoms with Crippen molar-refractivity contribution in [3.05, 3.63) is 176 Å². The van der Waals surface area contributed by atoms with Gasteiger partial charge in [-0.1, -0.05) is 140 Å². The molecule has 3 aromatic heterocycles. The molecule has 0 aliphatic heterocycles. The molecule has 5 heteroatoms. The van der Waals surface area contributed by atoms with Crippen molar-refractivity contribution in [2.24, 2.45) is 0 Å². The van der Waals surface area contributed by atoms with Gasteiger partial charge in [-0.15, -0.1) is 11.3 Å². The number of rotatable bonds is 5. The molecule has 0 amide bonds. The monoisotopic (exact) mass is 707 g/mol. The molecule has 0 fully saturated rings. The van der Waals surface area contributed by atoms with E-state index in [9.17, 15) is 0 Å². The Hall–Kier alpha value is -6.95. The van der Waals surface area contributed by atoms with Crippen molar-refractivity contribution in [3.63, 3.8) is 0 Å². The highest BCUT2D eigenvalue weighted by atomic mass is 32.1. The first-order valence-corrected chi connectivity index (χ1v) is 18.8. The Morgan fingerprint density at radius 3 is 1.89 bits per heavy atom. The van der Waals surface area contributed by atoms with Crippen molar-refractivity contribution in [1.29, 1.82) is 0 Å². The highest BCUT2D eigenvalue weighted by molar-refractivity contribution is 7.25. The molecule has 0 bridgehead atoms. The topological polar surface area (TPSA) is 51.8 Å². The summed E-state index contributed by atoms with van der Waals surface area (Å²) in [4.78, 5) is 15.6. The van der Waals surface area contributed by atoms with E-state index < -0.39 is 0 Å². The SMILES string of the molecule is c1ccc(-c2cccc3ccc(-c4nc(-c5cccc(-c6ccc7c(c6)sc6ccccc67)c5)nc(-c5cccc6c5oc5ccccc56)n4)cc23)cc1. The van der Waals surface area contributed by atoms with E-state index in [-0.39, 0.29) is 0 Å². The van der Waals surface area contributed by atoms with Crippen LogP contribution in [0.25, 0.3) is 109 Å². The first-order chi connectivity index (χ1) is 26.7. The van der Waals surface area contributed by atoms with E-state index in [4.69, 9.17) is 19.4 Å². The van der Waals surface area contributed by atoms with Crippen LogP contribution in [0.15, 0.2) is 180 Å². The highest BCUT2D eigenvalue weighted by Crippen LogP contribution is 2.39. The van der Waals surface area contributed by atoms with E-state index in [0.717, 1.165) is 60.5 Å². The zero-order chi connectivity index (χ0) is 35.6. The molecule has 0 spiro atoms. The Balaban J connectivity index is 1.10. The van der Waals surface area contributed by atoms with Crippen LogP contribution < -0.4 is 0 Å². The molecule has 4 nitrogen and oxygen atoms in total. The third-order valence-electron chi connectivity index (χ3n) is 10.3. The van der Waals surface area contributed by atoms with Crippen LogP contribution in [0.2, 0.25) is 0 Å². The second kappa shape index (κ2) is 12.3. The lowest BCUT2D eigenvalue weighted by atomic mass is 9.96. The molecule has 54 heavy (non-hydrogen) atoms. The molecule has 8 aromatic carbocycles. The van der Waals surface area contributed by atoms with Crippen LogP contribution in [0.4, 0.5) is 0 Å². The molecule has 3 heterocycles. The third kappa shape index (κ3) is 5.09. The molecule has 0 atom stereocenters. The number of furan rings is 1. The van der Waals surface area contributed by atoms with Gasteiger partial charge in [0.1, 0.15) is 11.2 Å². The molecule has 11 rings (SSSR count). The van der Waals surface area contributed by atoms with Crippen LogP contribution in [0.3, 0.4) is 0 Å². The van der Waals surface area contributed by atoms with E-state index >= 15 is 0 Å². The molecule has 0 aliphatic carbocycles. The Morgan fingerprint density at radius 1 is 0.352 bits per heavy atom. The summed E-state index contributed by atoms with van der Waals surface area (Å²) >= 11 is 1.83. The van der Waals surface area contributed by atoms with Gasteiger partial charge in [-0.3, -0.25) is 0 Å². The largest absolute Gasteiger partial charge is 0.455 e. The van der Waals surface area contributed by atoms with Crippen molar-refractivity contribution >= 4 is 64.2 Å². The number of hydrogen-bond acceptors (Lipinski definition) is 5. The second-order valence-corrected chi connectivity index (χ2v) is 14.7. The normalized spacial score (nSPS) is 11.7. The lowest BCUT2D eigenvalue weighted by Gasteiger charge is -2.12. The summed E-state index contributed by atoms with van der Waals surface area (Å²) in [7, 11) is 0. The Labute approximate surface area is 314 Å². The number of para-hydroxylation sites is 2. The third-order valence-corrected chi connectivity index (χ3v) is 11.5. The minimum Gasteiger partial charge on any atom is -0.455 e. The van der Waals surface area contributed by atoms with Crippen LogP contribution in [0.1, 0.15) is 0 Å². The van der Waals surface area contributed by atoms with Gasteiger partial charge >= 0.3 is 0 Å². The van der Waals surface area contributed by atoms with Crippen molar-refractivity contribution in [1.82, 2.24) is 15.0 Å². The highest BCUT2D eigenvalue weighted by Gasteiger charge is 2.19. The van der Waals surface area contributed by atoms with Crippen LogP contribution in [-0.4, -0.2) is 15.0 Å². The fraction of sp³-hybridized carbons (Fsp3) is 0. The standard InChI is InChI=1S/C49H29N3OS/c1-2-11-30(12-3-1)36-18-9-13-31-23-24-35(28-42(31)36)48-50-47(51-49(52-48)41-20-10-19-40-37-16-4-6-21-43(37)53-46(40)41)34-15-8-14-32(27-34)33-25-26-39-38-17-5-7-22-44(38)54-45(39)29-33/h1-29H. The summed E-state index contributed by atoms with van der Waals surface area (Å²) in [5.74, 6) is 1.77. The zero-order valence-electron chi connectivity index (χ0n) is 28.9.